The highest BCUT2D eigenvalue weighted by Gasteiger charge is 2.20. The lowest BCUT2D eigenvalue weighted by atomic mass is 10.3. The summed E-state index contributed by atoms with van der Waals surface area (Å²) in [6, 6.07) is 5.04. The van der Waals surface area contributed by atoms with Gasteiger partial charge in [-0.2, -0.15) is 0 Å². The maximum atomic E-state index is 13.0. The number of thioether (sulfide) groups is 1. The molecule has 1 fully saturated rings. The zero-order valence-electron chi connectivity index (χ0n) is 8.00. The zero-order chi connectivity index (χ0) is 9.97. The lowest BCUT2D eigenvalue weighted by Crippen LogP contribution is -1.90. The molecule has 1 nitrogen and oxygen atoms in total. The highest BCUT2D eigenvalue weighted by atomic mass is 32.2. The summed E-state index contributed by atoms with van der Waals surface area (Å²) < 4.78 is 13.0. The van der Waals surface area contributed by atoms with Gasteiger partial charge < -0.3 is 5.73 Å². The molecule has 0 unspecified atom stereocenters. The number of hydrogen-bond acceptors (Lipinski definition) is 2. The molecule has 1 aromatic rings. The van der Waals surface area contributed by atoms with Crippen LogP contribution in [0.15, 0.2) is 23.1 Å². The van der Waals surface area contributed by atoms with E-state index < -0.39 is 0 Å². The summed E-state index contributed by atoms with van der Waals surface area (Å²) in [4.78, 5) is 0.984. The summed E-state index contributed by atoms with van der Waals surface area (Å²) in [6.07, 6.45) is 4.03. The van der Waals surface area contributed by atoms with Crippen LogP contribution in [0.3, 0.4) is 0 Å². The fraction of sp³-hybridized carbons (Fsp3) is 0.455. The van der Waals surface area contributed by atoms with Gasteiger partial charge >= 0.3 is 0 Å². The van der Waals surface area contributed by atoms with Gasteiger partial charge in [-0.25, -0.2) is 4.39 Å². The molecule has 2 N–H and O–H groups in total. The van der Waals surface area contributed by atoms with Crippen molar-refractivity contribution in [3.8, 4) is 0 Å². The van der Waals surface area contributed by atoms with Gasteiger partial charge in [0, 0.05) is 4.90 Å². The third kappa shape index (κ3) is 2.64. The first-order valence-electron chi connectivity index (χ1n) is 4.93. The number of halogens is 1. The van der Waals surface area contributed by atoms with Crippen molar-refractivity contribution >= 4 is 17.4 Å². The van der Waals surface area contributed by atoms with Gasteiger partial charge in [0.05, 0.1) is 5.69 Å². The lowest BCUT2D eigenvalue weighted by Gasteiger charge is -2.02. The topological polar surface area (TPSA) is 26.0 Å². The van der Waals surface area contributed by atoms with E-state index in [-0.39, 0.29) is 11.5 Å². The second kappa shape index (κ2) is 4.22. The van der Waals surface area contributed by atoms with Crippen LogP contribution in [0.25, 0.3) is 0 Å². The molecule has 0 bridgehead atoms. The Balaban J connectivity index is 1.85. The van der Waals surface area contributed by atoms with E-state index >= 15 is 0 Å². The molecule has 0 saturated heterocycles. The smallest absolute Gasteiger partial charge is 0.147 e. The van der Waals surface area contributed by atoms with Gasteiger partial charge in [-0.1, -0.05) is 12.8 Å². The minimum atomic E-state index is -0.304. The van der Waals surface area contributed by atoms with Gasteiger partial charge in [-0.05, 0) is 36.3 Å². The van der Waals surface area contributed by atoms with Crippen LogP contribution in [-0.2, 0) is 0 Å². The van der Waals surface area contributed by atoms with Crippen molar-refractivity contribution in [2.24, 2.45) is 5.92 Å². The molecule has 3 heteroatoms. The van der Waals surface area contributed by atoms with Crippen molar-refractivity contribution < 1.29 is 4.39 Å². The summed E-state index contributed by atoms with van der Waals surface area (Å²) in [5, 5.41) is 0. The number of nitrogen functional groups attached to an aromatic ring is 1. The Labute approximate surface area is 87.9 Å². The minimum Gasteiger partial charge on any atom is -0.396 e. The Kier molecular flexibility index (Phi) is 2.96. The van der Waals surface area contributed by atoms with E-state index in [0.29, 0.717) is 0 Å². The predicted octanol–water partition coefficient (Wildman–Crippen LogP) is 3.30. The van der Waals surface area contributed by atoms with E-state index in [2.05, 4.69) is 0 Å². The molecule has 0 radical (unpaired) electrons. The Morgan fingerprint density at radius 1 is 1.43 bits per heavy atom. The van der Waals surface area contributed by atoms with E-state index in [1.807, 2.05) is 6.07 Å². The van der Waals surface area contributed by atoms with Crippen molar-refractivity contribution in [2.75, 3.05) is 11.5 Å². The van der Waals surface area contributed by atoms with Crippen LogP contribution in [0.5, 0.6) is 0 Å². The van der Waals surface area contributed by atoms with Crippen LogP contribution >= 0.6 is 11.8 Å². The molecule has 0 heterocycles. The lowest BCUT2D eigenvalue weighted by molar-refractivity contribution is 0.629. The first-order chi connectivity index (χ1) is 6.75. The van der Waals surface area contributed by atoms with Crippen LogP contribution < -0.4 is 5.73 Å². The van der Waals surface area contributed by atoms with Gasteiger partial charge in [0.1, 0.15) is 5.82 Å². The van der Waals surface area contributed by atoms with E-state index in [9.17, 15) is 4.39 Å². The summed E-state index contributed by atoms with van der Waals surface area (Å²) in [5.41, 5.74) is 5.62. The van der Waals surface area contributed by atoms with Gasteiger partial charge in [-0.3, -0.25) is 0 Å². The first-order valence-corrected chi connectivity index (χ1v) is 5.92. The summed E-state index contributed by atoms with van der Waals surface area (Å²) in [7, 11) is 0. The van der Waals surface area contributed by atoms with Gasteiger partial charge in [0.2, 0.25) is 0 Å². The fourth-order valence-electron chi connectivity index (χ4n) is 1.35. The normalized spacial score (nSPS) is 15.8. The molecule has 14 heavy (non-hydrogen) atoms. The van der Waals surface area contributed by atoms with Crippen molar-refractivity contribution in [3.05, 3.63) is 24.0 Å². The Hall–Kier alpha value is -0.700. The summed E-state index contributed by atoms with van der Waals surface area (Å²) in [6.45, 7) is 0. The maximum absolute atomic E-state index is 13.0. The van der Waals surface area contributed by atoms with E-state index in [4.69, 9.17) is 5.73 Å². The molecule has 76 valence electrons. The zero-order valence-corrected chi connectivity index (χ0v) is 8.82. The second-order valence-corrected chi connectivity index (χ2v) is 4.93. The number of hydrogen-bond donors (Lipinski definition) is 1. The maximum Gasteiger partial charge on any atom is 0.147 e. The third-order valence-electron chi connectivity index (χ3n) is 2.46. The van der Waals surface area contributed by atoms with Crippen LogP contribution in [0.2, 0.25) is 0 Å². The molecule has 0 atom stereocenters. The van der Waals surface area contributed by atoms with E-state index in [0.717, 1.165) is 16.6 Å². The fourth-order valence-corrected chi connectivity index (χ4v) is 2.39. The molecule has 1 aliphatic carbocycles. The molecule has 1 saturated carbocycles. The Bertz CT molecular complexity index is 323. The minimum absolute atomic E-state index is 0.233. The standard InChI is InChI=1S/C11H14FNS/c12-10-7-9(3-4-11(10)13)14-6-5-8-1-2-8/h3-4,7-8H,1-2,5-6,13H2. The molecule has 0 spiro atoms. The van der Waals surface area contributed by atoms with E-state index in [1.54, 1.807) is 17.8 Å². The molecule has 0 amide bonds. The highest BCUT2D eigenvalue weighted by molar-refractivity contribution is 7.99. The number of benzene rings is 1. The number of rotatable bonds is 4. The third-order valence-corrected chi connectivity index (χ3v) is 3.49. The van der Waals surface area contributed by atoms with Crippen molar-refractivity contribution in [1.29, 1.82) is 0 Å². The molecule has 0 aliphatic heterocycles. The molecule has 0 aromatic heterocycles. The molecular formula is C11H14FNS. The average molecular weight is 211 g/mol. The van der Waals surface area contributed by atoms with Crippen LogP contribution in [-0.4, -0.2) is 5.75 Å². The molecule has 1 aromatic carbocycles. The predicted molar refractivity (Wildman–Crippen MR) is 58.9 cm³/mol. The van der Waals surface area contributed by atoms with Crippen molar-refractivity contribution in [3.63, 3.8) is 0 Å². The quantitative estimate of drug-likeness (QED) is 0.611. The number of nitrogens with two attached hydrogens (primary N) is 1. The molecular weight excluding hydrogens is 197 g/mol. The van der Waals surface area contributed by atoms with Crippen LogP contribution in [0.4, 0.5) is 10.1 Å². The van der Waals surface area contributed by atoms with Gasteiger partial charge in [-0.15, -0.1) is 11.8 Å². The first kappa shape index (κ1) is 9.84. The molecule has 2 rings (SSSR count). The average Bonchev–Trinajstić information content (AvgIpc) is 2.95. The van der Waals surface area contributed by atoms with Crippen molar-refractivity contribution in [1.82, 2.24) is 0 Å². The summed E-state index contributed by atoms with van der Waals surface area (Å²) in [5.74, 6) is 1.73. The summed E-state index contributed by atoms with van der Waals surface area (Å²) >= 11 is 1.72. The van der Waals surface area contributed by atoms with Crippen molar-refractivity contribution in [2.45, 2.75) is 24.2 Å². The highest BCUT2D eigenvalue weighted by Crippen LogP contribution is 2.34. The monoisotopic (exact) mass is 211 g/mol. The second-order valence-electron chi connectivity index (χ2n) is 3.76. The van der Waals surface area contributed by atoms with E-state index in [1.165, 1.54) is 25.3 Å². The largest absolute Gasteiger partial charge is 0.396 e. The molecule has 1 aliphatic rings. The Morgan fingerprint density at radius 2 is 2.21 bits per heavy atom. The van der Waals surface area contributed by atoms with Crippen LogP contribution in [0, 0.1) is 11.7 Å². The number of anilines is 1. The Morgan fingerprint density at radius 3 is 2.86 bits per heavy atom. The SMILES string of the molecule is Nc1ccc(SCCC2CC2)cc1F. The van der Waals surface area contributed by atoms with Gasteiger partial charge in [0.15, 0.2) is 0 Å². The van der Waals surface area contributed by atoms with Crippen LogP contribution in [0.1, 0.15) is 19.3 Å². The van der Waals surface area contributed by atoms with Gasteiger partial charge in [0.25, 0.3) is 0 Å².